The van der Waals surface area contributed by atoms with Crippen molar-refractivity contribution in [2.45, 2.75) is 19.4 Å². The van der Waals surface area contributed by atoms with Crippen molar-refractivity contribution in [1.82, 2.24) is 10.2 Å². The van der Waals surface area contributed by atoms with Crippen molar-refractivity contribution in [3.05, 3.63) is 35.4 Å². The van der Waals surface area contributed by atoms with Gasteiger partial charge in [-0.25, -0.2) is 8.78 Å². The van der Waals surface area contributed by atoms with E-state index in [2.05, 4.69) is 10.2 Å². The lowest BCUT2D eigenvalue weighted by Gasteiger charge is -2.27. The van der Waals surface area contributed by atoms with Gasteiger partial charge in [-0.05, 0) is 57.1 Å². The fourth-order valence-electron chi connectivity index (χ4n) is 2.54. The zero-order valence-electron chi connectivity index (χ0n) is 10.8. The first kappa shape index (κ1) is 13.4. The van der Waals surface area contributed by atoms with E-state index in [0.717, 1.165) is 25.7 Å². The molecule has 1 heterocycles. The SMILES string of the molecule is CN(Cc1cc(F)ccc1F)CC1CCCNC1. The Hall–Kier alpha value is -1.00. The number of hydrogen-bond acceptors (Lipinski definition) is 2. The van der Waals surface area contributed by atoms with E-state index in [1.54, 1.807) is 0 Å². The highest BCUT2D eigenvalue weighted by atomic mass is 19.1. The first-order valence-electron chi connectivity index (χ1n) is 6.48. The molecule has 1 aliphatic heterocycles. The minimum Gasteiger partial charge on any atom is -0.316 e. The summed E-state index contributed by atoms with van der Waals surface area (Å²) in [5.41, 5.74) is 0.432. The van der Waals surface area contributed by atoms with Crippen LogP contribution in [0.3, 0.4) is 0 Å². The molecule has 0 spiro atoms. The summed E-state index contributed by atoms with van der Waals surface area (Å²) in [5.74, 6) is -0.0930. The molecule has 0 bridgehead atoms. The molecule has 0 aromatic heterocycles. The van der Waals surface area contributed by atoms with E-state index in [0.29, 0.717) is 18.0 Å². The topological polar surface area (TPSA) is 15.3 Å². The van der Waals surface area contributed by atoms with Crippen LogP contribution in [0.15, 0.2) is 18.2 Å². The fourth-order valence-corrected chi connectivity index (χ4v) is 2.54. The molecule has 0 aliphatic carbocycles. The summed E-state index contributed by atoms with van der Waals surface area (Å²) < 4.78 is 26.6. The molecular formula is C14H20F2N2. The minimum absolute atomic E-state index is 0.329. The van der Waals surface area contributed by atoms with Crippen LogP contribution in [-0.4, -0.2) is 31.6 Å². The molecule has 1 aromatic carbocycles. The summed E-state index contributed by atoms with van der Waals surface area (Å²) in [6, 6.07) is 3.63. The number of nitrogens with zero attached hydrogens (tertiary/aromatic N) is 1. The minimum atomic E-state index is -0.376. The zero-order valence-corrected chi connectivity index (χ0v) is 10.8. The summed E-state index contributed by atoms with van der Waals surface area (Å²) in [7, 11) is 1.96. The van der Waals surface area contributed by atoms with Gasteiger partial charge < -0.3 is 10.2 Å². The summed E-state index contributed by atoms with van der Waals surface area (Å²) in [6.07, 6.45) is 2.41. The molecule has 0 radical (unpaired) electrons. The van der Waals surface area contributed by atoms with Gasteiger partial charge in [-0.2, -0.15) is 0 Å². The zero-order chi connectivity index (χ0) is 13.0. The van der Waals surface area contributed by atoms with Gasteiger partial charge in [0.15, 0.2) is 0 Å². The number of hydrogen-bond donors (Lipinski definition) is 1. The van der Waals surface area contributed by atoms with Gasteiger partial charge in [-0.3, -0.25) is 0 Å². The van der Waals surface area contributed by atoms with Crippen molar-refractivity contribution in [2.24, 2.45) is 5.92 Å². The van der Waals surface area contributed by atoms with E-state index in [1.807, 2.05) is 7.05 Å². The van der Waals surface area contributed by atoms with E-state index in [4.69, 9.17) is 0 Å². The number of nitrogens with one attached hydrogen (secondary N) is 1. The van der Waals surface area contributed by atoms with Gasteiger partial charge >= 0.3 is 0 Å². The number of halogens is 2. The Morgan fingerprint density at radius 3 is 2.94 bits per heavy atom. The second-order valence-corrected chi connectivity index (χ2v) is 5.14. The first-order chi connectivity index (χ1) is 8.65. The van der Waals surface area contributed by atoms with Gasteiger partial charge in [0.05, 0.1) is 0 Å². The smallest absolute Gasteiger partial charge is 0.127 e. The van der Waals surface area contributed by atoms with Crippen molar-refractivity contribution < 1.29 is 8.78 Å². The third-order valence-corrected chi connectivity index (χ3v) is 3.42. The van der Waals surface area contributed by atoms with Crippen molar-refractivity contribution in [3.8, 4) is 0 Å². The predicted octanol–water partition coefficient (Wildman–Crippen LogP) is 2.40. The summed E-state index contributed by atoms with van der Waals surface area (Å²) in [6.45, 7) is 3.50. The lowest BCUT2D eigenvalue weighted by Crippen LogP contribution is -2.36. The van der Waals surface area contributed by atoms with Gasteiger partial charge in [-0.1, -0.05) is 0 Å². The average Bonchev–Trinajstić information content (AvgIpc) is 2.35. The summed E-state index contributed by atoms with van der Waals surface area (Å²) in [4.78, 5) is 2.06. The molecule has 0 amide bonds. The molecule has 0 saturated carbocycles. The molecule has 4 heteroatoms. The maximum Gasteiger partial charge on any atom is 0.127 e. The number of benzene rings is 1. The Labute approximate surface area is 107 Å². The Morgan fingerprint density at radius 2 is 2.22 bits per heavy atom. The Morgan fingerprint density at radius 1 is 1.39 bits per heavy atom. The highest BCUT2D eigenvalue weighted by Gasteiger charge is 2.16. The third kappa shape index (κ3) is 3.75. The molecule has 2 nitrogen and oxygen atoms in total. The van der Waals surface area contributed by atoms with E-state index in [9.17, 15) is 8.78 Å². The van der Waals surface area contributed by atoms with Crippen LogP contribution < -0.4 is 5.32 Å². The maximum atomic E-state index is 13.5. The van der Waals surface area contributed by atoms with Crippen LogP contribution in [0.25, 0.3) is 0 Å². The van der Waals surface area contributed by atoms with Crippen LogP contribution >= 0.6 is 0 Å². The quantitative estimate of drug-likeness (QED) is 0.887. The van der Waals surface area contributed by atoms with Crippen LogP contribution in [0.1, 0.15) is 18.4 Å². The van der Waals surface area contributed by atoms with Crippen molar-refractivity contribution in [2.75, 3.05) is 26.7 Å². The Bertz CT molecular complexity index is 389. The number of rotatable bonds is 4. The van der Waals surface area contributed by atoms with Gasteiger partial charge in [0.1, 0.15) is 11.6 Å². The van der Waals surface area contributed by atoms with Gasteiger partial charge in [0.25, 0.3) is 0 Å². The summed E-state index contributed by atoms with van der Waals surface area (Å²) >= 11 is 0. The van der Waals surface area contributed by atoms with Gasteiger partial charge in [0.2, 0.25) is 0 Å². The lowest BCUT2D eigenvalue weighted by molar-refractivity contribution is 0.235. The second kappa shape index (κ2) is 6.25. The largest absolute Gasteiger partial charge is 0.316 e. The lowest BCUT2D eigenvalue weighted by atomic mass is 9.99. The van der Waals surface area contributed by atoms with Crippen LogP contribution in [0, 0.1) is 17.6 Å². The highest BCUT2D eigenvalue weighted by Crippen LogP contribution is 2.15. The maximum absolute atomic E-state index is 13.5. The average molecular weight is 254 g/mol. The van der Waals surface area contributed by atoms with Crippen molar-refractivity contribution in [3.63, 3.8) is 0 Å². The highest BCUT2D eigenvalue weighted by molar-refractivity contribution is 5.18. The predicted molar refractivity (Wildman–Crippen MR) is 68.3 cm³/mol. The molecule has 1 atom stereocenters. The normalized spacial score (nSPS) is 20.3. The van der Waals surface area contributed by atoms with E-state index in [-0.39, 0.29) is 11.6 Å². The number of piperidine rings is 1. The van der Waals surface area contributed by atoms with Crippen molar-refractivity contribution in [1.29, 1.82) is 0 Å². The van der Waals surface area contributed by atoms with Crippen LogP contribution in [0.2, 0.25) is 0 Å². The van der Waals surface area contributed by atoms with E-state index >= 15 is 0 Å². The van der Waals surface area contributed by atoms with Crippen molar-refractivity contribution >= 4 is 0 Å². The third-order valence-electron chi connectivity index (χ3n) is 3.42. The van der Waals surface area contributed by atoms with Crippen LogP contribution in [0.4, 0.5) is 8.78 Å². The van der Waals surface area contributed by atoms with Crippen LogP contribution in [-0.2, 0) is 6.54 Å². The molecule has 2 rings (SSSR count). The molecule has 1 fully saturated rings. The second-order valence-electron chi connectivity index (χ2n) is 5.14. The van der Waals surface area contributed by atoms with Gasteiger partial charge in [0, 0.05) is 18.7 Å². The Balaban J connectivity index is 1.89. The molecule has 1 saturated heterocycles. The molecular weight excluding hydrogens is 234 g/mol. The molecule has 1 N–H and O–H groups in total. The molecule has 100 valence electrons. The molecule has 18 heavy (non-hydrogen) atoms. The molecule has 1 aromatic rings. The Kier molecular flexibility index (Phi) is 4.66. The standard InChI is InChI=1S/C14H20F2N2/c1-18(9-11-3-2-6-17-8-11)10-12-7-13(15)4-5-14(12)16/h4-5,7,11,17H,2-3,6,8-10H2,1H3. The molecule has 1 unspecified atom stereocenters. The molecule has 1 aliphatic rings. The summed E-state index contributed by atoms with van der Waals surface area (Å²) in [5, 5.41) is 3.36. The van der Waals surface area contributed by atoms with E-state index in [1.165, 1.54) is 25.0 Å². The van der Waals surface area contributed by atoms with Gasteiger partial charge in [-0.15, -0.1) is 0 Å². The first-order valence-corrected chi connectivity index (χ1v) is 6.48. The van der Waals surface area contributed by atoms with Crippen LogP contribution in [0.5, 0.6) is 0 Å². The van der Waals surface area contributed by atoms with E-state index < -0.39 is 0 Å². The fraction of sp³-hybridized carbons (Fsp3) is 0.571. The monoisotopic (exact) mass is 254 g/mol.